The molecule has 1 aliphatic heterocycles. The molecule has 1 aromatic carbocycles. The maximum absolute atomic E-state index is 13.8. The minimum absolute atomic E-state index is 0.0407. The summed E-state index contributed by atoms with van der Waals surface area (Å²) in [6.45, 7) is 1.67. The molecule has 0 atom stereocenters. The van der Waals surface area contributed by atoms with Gasteiger partial charge >= 0.3 is 12.1 Å². The topological polar surface area (TPSA) is 109 Å². The van der Waals surface area contributed by atoms with E-state index in [4.69, 9.17) is 33.7 Å². The minimum Gasteiger partial charge on any atom is -0.450 e. The summed E-state index contributed by atoms with van der Waals surface area (Å²) in [4.78, 5) is 17.7. The summed E-state index contributed by atoms with van der Waals surface area (Å²) in [7, 11) is 3.71. The van der Waals surface area contributed by atoms with Crippen molar-refractivity contribution in [1.29, 1.82) is 0 Å². The number of hydrogen-bond acceptors (Lipinski definition) is 7. The first-order valence-corrected chi connectivity index (χ1v) is 13.1. The third kappa shape index (κ3) is 5.65. The minimum atomic E-state index is -4.49. The van der Waals surface area contributed by atoms with Gasteiger partial charge in [0.05, 0.1) is 24.5 Å². The third-order valence-electron chi connectivity index (χ3n) is 6.86. The van der Waals surface area contributed by atoms with Crippen molar-refractivity contribution >= 4 is 51.8 Å². The molecule has 0 saturated carbocycles. The van der Waals surface area contributed by atoms with Crippen molar-refractivity contribution in [2.45, 2.75) is 24.9 Å². The number of hydrogen-bond donors (Lipinski definition) is 3. The van der Waals surface area contributed by atoms with Crippen LogP contribution in [-0.2, 0) is 13.2 Å². The summed E-state index contributed by atoms with van der Waals surface area (Å²) in [6.07, 6.45) is 2.52. The Labute approximate surface area is 237 Å². The number of aromatic nitrogens is 5. The van der Waals surface area contributed by atoms with Gasteiger partial charge in [-0.25, -0.2) is 29.8 Å². The number of anilines is 2. The number of likely N-dealkylation sites (tertiary alicyclic amines) is 1. The molecule has 0 amide bonds. The second-order valence-corrected chi connectivity index (χ2v) is 10.3. The molecule has 14 heteroatoms. The molecule has 0 unspecified atom stereocenters. The van der Waals surface area contributed by atoms with Crippen LogP contribution in [0.25, 0.3) is 16.9 Å². The number of nitrogens with two attached hydrogens (primary N) is 1. The van der Waals surface area contributed by atoms with Crippen LogP contribution in [0.4, 0.5) is 24.8 Å². The van der Waals surface area contributed by atoms with Crippen molar-refractivity contribution in [3.8, 4) is 5.75 Å². The molecule has 1 fully saturated rings. The molecular weight excluding hydrogens is 568 g/mol. The van der Waals surface area contributed by atoms with Gasteiger partial charge in [-0.2, -0.15) is 13.2 Å². The highest BCUT2D eigenvalue weighted by Crippen LogP contribution is 2.38. The lowest BCUT2D eigenvalue weighted by Crippen LogP contribution is -2.30. The highest BCUT2D eigenvalue weighted by molar-refractivity contribution is 6.36. The number of ether oxygens (including phenoxy) is 1. The van der Waals surface area contributed by atoms with E-state index in [-0.39, 0.29) is 33.3 Å². The van der Waals surface area contributed by atoms with Crippen LogP contribution in [0, 0.1) is 0 Å². The fraction of sp³-hybridized carbons (Fsp3) is 0.308. The molecule has 1 saturated heterocycles. The molecule has 4 aromatic rings. The molecule has 1 aliphatic rings. The zero-order chi connectivity index (χ0) is 28.6. The third-order valence-corrected chi connectivity index (χ3v) is 7.50. The van der Waals surface area contributed by atoms with E-state index in [0.29, 0.717) is 28.4 Å². The molecule has 3 aromatic heterocycles. The average Bonchev–Trinajstić information content (AvgIpc) is 3.24. The van der Waals surface area contributed by atoms with E-state index in [1.165, 1.54) is 30.9 Å². The lowest BCUT2D eigenvalue weighted by molar-refractivity contribution is -0.629. The van der Waals surface area contributed by atoms with Crippen molar-refractivity contribution in [3.63, 3.8) is 0 Å². The van der Waals surface area contributed by atoms with Crippen LogP contribution in [0.3, 0.4) is 0 Å². The average molecular weight is 594 g/mol. The van der Waals surface area contributed by atoms with Crippen molar-refractivity contribution in [2.24, 2.45) is 12.8 Å². The quantitative estimate of drug-likeness (QED) is 0.203. The van der Waals surface area contributed by atoms with Gasteiger partial charge in [-0.3, -0.25) is 0 Å². The molecular formula is C26H26Cl2F3N8O+. The number of pyridine rings is 1. The number of aromatic amines is 1. The summed E-state index contributed by atoms with van der Waals surface area (Å²) < 4.78 is 49.0. The van der Waals surface area contributed by atoms with Crippen molar-refractivity contribution in [1.82, 2.24) is 24.8 Å². The standard InChI is InChI=1S/C26H25Cl2F3N8O/c1-38-7-3-14(4-8-38)15-9-16(26(29,30)31)11-17(10-15)36-25-37-24-22(39(25)2)20(27)19(13-35-24)40-18(12-32)21-23(28)34-6-5-33-21/h5-6,9-14H,3-4,7-8H2,1-2H3,(H3,32,33,35,36,37)/p+1. The molecule has 4 heterocycles. The van der Waals surface area contributed by atoms with Crippen LogP contribution < -0.4 is 20.4 Å². The number of benzene rings is 1. The lowest BCUT2D eigenvalue weighted by Gasteiger charge is -2.29. The number of rotatable bonds is 6. The summed E-state index contributed by atoms with van der Waals surface area (Å²) in [6, 6.07) is 4.11. The molecule has 0 bridgehead atoms. The predicted octanol–water partition coefficient (Wildman–Crippen LogP) is 5.39. The predicted molar refractivity (Wildman–Crippen MR) is 146 cm³/mol. The first-order valence-electron chi connectivity index (χ1n) is 12.4. The van der Waals surface area contributed by atoms with E-state index < -0.39 is 11.7 Å². The maximum Gasteiger partial charge on any atom is 0.416 e. The van der Waals surface area contributed by atoms with Crippen LogP contribution >= 0.6 is 23.2 Å². The summed E-state index contributed by atoms with van der Waals surface area (Å²) in [5, 5.41) is 3.36. The number of fused-ring (bicyclic) bond motifs is 1. The number of H-pyrrole nitrogens is 1. The van der Waals surface area contributed by atoms with E-state index in [9.17, 15) is 13.2 Å². The maximum atomic E-state index is 13.8. The SMILES string of the molecule is CN1CCC(c2cc(Nc3[nH]c4ncc(O/C(=C/N)c5nccnc5Cl)c(Cl)c4[n+]3C)cc(C(F)(F)F)c2)CC1. The zero-order valence-corrected chi connectivity index (χ0v) is 23.1. The Kier molecular flexibility index (Phi) is 7.76. The van der Waals surface area contributed by atoms with Crippen LogP contribution in [0.15, 0.2) is 43.0 Å². The molecule has 0 aliphatic carbocycles. The van der Waals surface area contributed by atoms with Crippen molar-refractivity contribution in [3.05, 3.63) is 70.0 Å². The number of aryl methyl sites for hydroxylation is 1. The highest BCUT2D eigenvalue weighted by atomic mass is 35.5. The van der Waals surface area contributed by atoms with Gasteiger partial charge in [0, 0.05) is 18.6 Å². The number of nitrogens with one attached hydrogen (secondary N) is 2. The normalized spacial score (nSPS) is 15.5. The molecule has 0 radical (unpaired) electrons. The molecule has 9 nitrogen and oxygen atoms in total. The summed E-state index contributed by atoms with van der Waals surface area (Å²) in [5.41, 5.74) is 7.04. The van der Waals surface area contributed by atoms with Gasteiger partial charge in [0.25, 0.3) is 0 Å². The first-order chi connectivity index (χ1) is 19.0. The van der Waals surface area contributed by atoms with Crippen LogP contribution in [-0.4, -0.2) is 45.0 Å². The molecule has 4 N–H and O–H groups in total. The smallest absolute Gasteiger partial charge is 0.416 e. The van der Waals surface area contributed by atoms with E-state index in [2.05, 4.69) is 30.2 Å². The number of imidazole rings is 1. The first kappa shape index (κ1) is 27.9. The van der Waals surface area contributed by atoms with Crippen molar-refractivity contribution in [2.75, 3.05) is 25.5 Å². The van der Waals surface area contributed by atoms with Gasteiger partial charge in [-0.15, -0.1) is 0 Å². The molecule has 210 valence electrons. The Morgan fingerprint density at radius 3 is 2.58 bits per heavy atom. The largest absolute Gasteiger partial charge is 0.450 e. The Hall–Kier alpha value is -3.61. The molecule has 40 heavy (non-hydrogen) atoms. The fourth-order valence-electron chi connectivity index (χ4n) is 4.72. The van der Waals surface area contributed by atoms with Gasteiger partial charge < -0.3 is 15.4 Å². The molecule has 5 rings (SSSR count). The van der Waals surface area contributed by atoms with Gasteiger partial charge in [0.1, 0.15) is 10.7 Å². The molecule has 0 spiro atoms. The fourth-order valence-corrected chi connectivity index (χ4v) is 5.22. The van der Waals surface area contributed by atoms with Crippen LogP contribution in [0.1, 0.15) is 35.6 Å². The van der Waals surface area contributed by atoms with E-state index in [0.717, 1.165) is 32.0 Å². The Bertz CT molecular complexity index is 1580. The van der Waals surface area contributed by atoms with Gasteiger partial charge in [-0.05, 0) is 62.7 Å². The van der Waals surface area contributed by atoms with Gasteiger partial charge in [0.2, 0.25) is 5.65 Å². The second-order valence-electron chi connectivity index (χ2n) is 9.54. The highest BCUT2D eigenvalue weighted by Gasteiger charge is 2.33. The summed E-state index contributed by atoms with van der Waals surface area (Å²) in [5.74, 6) is 0.696. The van der Waals surface area contributed by atoms with E-state index >= 15 is 0 Å². The number of nitrogens with zero attached hydrogens (tertiary/aromatic N) is 5. The van der Waals surface area contributed by atoms with Crippen molar-refractivity contribution < 1.29 is 22.5 Å². The summed E-state index contributed by atoms with van der Waals surface area (Å²) >= 11 is 12.8. The van der Waals surface area contributed by atoms with E-state index in [1.807, 2.05) is 7.05 Å². The number of halogens is 5. The number of piperidine rings is 1. The number of alkyl halides is 3. The van der Waals surface area contributed by atoms with Gasteiger partial charge in [0.15, 0.2) is 22.2 Å². The Morgan fingerprint density at radius 2 is 1.90 bits per heavy atom. The second kappa shape index (κ2) is 11.1. The Balaban J connectivity index is 1.48. The zero-order valence-electron chi connectivity index (χ0n) is 21.6. The monoisotopic (exact) mass is 593 g/mol. The Morgan fingerprint density at radius 1 is 1.18 bits per heavy atom. The lowest BCUT2D eigenvalue weighted by atomic mass is 9.88. The van der Waals surface area contributed by atoms with E-state index in [1.54, 1.807) is 17.7 Å². The van der Waals surface area contributed by atoms with Crippen LogP contribution in [0.5, 0.6) is 5.75 Å². The van der Waals surface area contributed by atoms with Gasteiger partial charge in [-0.1, -0.05) is 23.2 Å². The van der Waals surface area contributed by atoms with Crippen LogP contribution in [0.2, 0.25) is 10.2 Å².